The first-order valence-corrected chi connectivity index (χ1v) is 12.3. The second kappa shape index (κ2) is 7.75. The molecule has 1 fully saturated rings. The second-order valence-electron chi connectivity index (χ2n) is 8.74. The number of nitriles is 1. The zero-order chi connectivity index (χ0) is 23.2. The van der Waals surface area contributed by atoms with Crippen molar-refractivity contribution in [3.05, 3.63) is 89.5 Å². The van der Waals surface area contributed by atoms with Crippen molar-refractivity contribution in [1.82, 2.24) is 0 Å². The molecular formula is C26H23N3O3S. The van der Waals surface area contributed by atoms with Gasteiger partial charge in [0.05, 0.1) is 22.1 Å². The van der Waals surface area contributed by atoms with Crippen LogP contribution < -0.4 is 9.62 Å². The Morgan fingerprint density at radius 1 is 1.06 bits per heavy atom. The van der Waals surface area contributed by atoms with Gasteiger partial charge < -0.3 is 5.32 Å². The standard InChI is InChI=1S/C26H23N3O3S/c1-18-15-20-16-19(7-12-24(20)29(18)33(31,32)23-5-3-2-4-6-23)25(30)28-22-10-8-21(9-11-22)26(17-27)13-14-26/h2-12,16,18H,13-15H2,1H3,(H,28,30)/t18-/m1/s1. The fraction of sp³-hybridized carbons (Fsp3) is 0.231. The van der Waals surface area contributed by atoms with Gasteiger partial charge >= 0.3 is 0 Å². The van der Waals surface area contributed by atoms with Crippen molar-refractivity contribution < 1.29 is 13.2 Å². The molecule has 6 nitrogen and oxygen atoms in total. The van der Waals surface area contributed by atoms with Gasteiger partial charge in [-0.3, -0.25) is 9.10 Å². The number of nitrogens with zero attached hydrogens (tertiary/aromatic N) is 2. The summed E-state index contributed by atoms with van der Waals surface area (Å²) in [6, 6.07) is 23.1. The largest absolute Gasteiger partial charge is 0.322 e. The van der Waals surface area contributed by atoms with Crippen molar-refractivity contribution in [2.75, 3.05) is 9.62 Å². The fourth-order valence-electron chi connectivity index (χ4n) is 4.48. The normalized spacial score (nSPS) is 18.3. The molecule has 1 N–H and O–H groups in total. The van der Waals surface area contributed by atoms with Crippen molar-refractivity contribution in [2.45, 2.75) is 42.5 Å². The number of sulfonamides is 1. The van der Waals surface area contributed by atoms with E-state index in [0.29, 0.717) is 23.4 Å². The van der Waals surface area contributed by atoms with E-state index in [1.54, 1.807) is 48.5 Å². The summed E-state index contributed by atoms with van der Waals surface area (Å²) in [6.07, 6.45) is 2.28. The third kappa shape index (κ3) is 3.66. The Balaban J connectivity index is 1.36. The van der Waals surface area contributed by atoms with Crippen LogP contribution in [0.4, 0.5) is 11.4 Å². The summed E-state index contributed by atoms with van der Waals surface area (Å²) in [5.74, 6) is -0.260. The van der Waals surface area contributed by atoms with E-state index in [-0.39, 0.29) is 22.3 Å². The van der Waals surface area contributed by atoms with Crippen molar-refractivity contribution in [3.8, 4) is 6.07 Å². The summed E-state index contributed by atoms with van der Waals surface area (Å²) >= 11 is 0. The van der Waals surface area contributed by atoms with Crippen molar-refractivity contribution >= 4 is 27.3 Å². The van der Waals surface area contributed by atoms with Gasteiger partial charge in [0.1, 0.15) is 0 Å². The maximum atomic E-state index is 13.2. The van der Waals surface area contributed by atoms with E-state index in [1.807, 2.05) is 31.2 Å². The first-order chi connectivity index (χ1) is 15.8. The van der Waals surface area contributed by atoms with Crippen molar-refractivity contribution in [1.29, 1.82) is 5.26 Å². The van der Waals surface area contributed by atoms with Crippen LogP contribution in [-0.2, 0) is 21.9 Å². The Bertz CT molecular complexity index is 1370. The molecule has 2 aliphatic rings. The number of rotatable bonds is 5. The van der Waals surface area contributed by atoms with E-state index in [1.165, 1.54) is 4.31 Å². The number of hydrogen-bond acceptors (Lipinski definition) is 4. The van der Waals surface area contributed by atoms with Crippen LogP contribution in [0.25, 0.3) is 0 Å². The molecule has 166 valence electrons. The summed E-state index contributed by atoms with van der Waals surface area (Å²) in [7, 11) is -3.69. The lowest BCUT2D eigenvalue weighted by molar-refractivity contribution is 0.102. The molecule has 0 saturated heterocycles. The summed E-state index contributed by atoms with van der Waals surface area (Å²) in [5.41, 5.74) is 3.19. The summed E-state index contributed by atoms with van der Waals surface area (Å²) in [5, 5.41) is 12.2. The average molecular weight is 458 g/mol. The highest BCUT2D eigenvalue weighted by atomic mass is 32.2. The molecule has 1 amide bonds. The van der Waals surface area contributed by atoms with Gasteiger partial charge in [-0.15, -0.1) is 0 Å². The summed E-state index contributed by atoms with van der Waals surface area (Å²) < 4.78 is 27.9. The molecule has 1 saturated carbocycles. The molecule has 0 aromatic heterocycles. The van der Waals surface area contributed by atoms with Crippen LogP contribution in [0.5, 0.6) is 0 Å². The number of carbonyl (C=O) groups is 1. The van der Waals surface area contributed by atoms with Gasteiger partial charge in [-0.2, -0.15) is 5.26 Å². The first-order valence-electron chi connectivity index (χ1n) is 10.9. The predicted molar refractivity (Wildman–Crippen MR) is 127 cm³/mol. The highest BCUT2D eigenvalue weighted by Gasteiger charge is 2.44. The van der Waals surface area contributed by atoms with Crippen LogP contribution in [0.15, 0.2) is 77.7 Å². The number of anilines is 2. The molecule has 1 aliphatic heterocycles. The molecule has 0 unspecified atom stereocenters. The number of nitrogens with one attached hydrogen (secondary N) is 1. The van der Waals surface area contributed by atoms with E-state index in [4.69, 9.17) is 0 Å². The Morgan fingerprint density at radius 3 is 2.39 bits per heavy atom. The Kier molecular flexibility index (Phi) is 4.98. The minimum absolute atomic E-state index is 0.244. The molecule has 1 atom stereocenters. The van der Waals surface area contributed by atoms with E-state index < -0.39 is 10.0 Å². The van der Waals surface area contributed by atoms with Gasteiger partial charge in [0.2, 0.25) is 0 Å². The van der Waals surface area contributed by atoms with Crippen LogP contribution >= 0.6 is 0 Å². The fourth-order valence-corrected chi connectivity index (χ4v) is 6.20. The van der Waals surface area contributed by atoms with E-state index in [9.17, 15) is 18.5 Å². The molecule has 0 bridgehead atoms. The number of carbonyl (C=O) groups excluding carboxylic acids is 1. The van der Waals surface area contributed by atoms with Gasteiger partial charge in [-0.05, 0) is 79.8 Å². The molecule has 3 aromatic carbocycles. The highest BCUT2D eigenvalue weighted by molar-refractivity contribution is 7.92. The molecular weight excluding hydrogens is 434 g/mol. The Hall–Kier alpha value is -3.63. The molecule has 0 spiro atoms. The lowest BCUT2D eigenvalue weighted by atomic mass is 9.97. The topological polar surface area (TPSA) is 90.3 Å². The number of fused-ring (bicyclic) bond motifs is 1. The second-order valence-corrected chi connectivity index (χ2v) is 10.6. The molecule has 3 aromatic rings. The Morgan fingerprint density at radius 2 is 1.76 bits per heavy atom. The molecule has 1 heterocycles. The molecule has 0 radical (unpaired) electrons. The van der Waals surface area contributed by atoms with Crippen molar-refractivity contribution in [2.24, 2.45) is 0 Å². The third-order valence-electron chi connectivity index (χ3n) is 6.45. The summed E-state index contributed by atoms with van der Waals surface area (Å²) in [4.78, 5) is 13.1. The first kappa shape index (κ1) is 21.2. The van der Waals surface area contributed by atoms with E-state index in [2.05, 4.69) is 11.4 Å². The maximum absolute atomic E-state index is 13.2. The minimum atomic E-state index is -3.69. The smallest absolute Gasteiger partial charge is 0.264 e. The molecule has 1 aliphatic carbocycles. The number of hydrogen-bond donors (Lipinski definition) is 1. The Labute approximate surface area is 193 Å². The van der Waals surface area contributed by atoms with Gasteiger partial charge in [-0.25, -0.2) is 8.42 Å². The molecule has 5 rings (SSSR count). The van der Waals surface area contributed by atoms with Crippen LogP contribution in [0.2, 0.25) is 0 Å². The van der Waals surface area contributed by atoms with Crippen LogP contribution in [0.3, 0.4) is 0 Å². The van der Waals surface area contributed by atoms with Crippen LogP contribution in [0, 0.1) is 11.3 Å². The zero-order valence-corrected chi connectivity index (χ0v) is 19.0. The van der Waals surface area contributed by atoms with Gasteiger partial charge in [0.15, 0.2) is 0 Å². The van der Waals surface area contributed by atoms with Crippen LogP contribution in [-0.4, -0.2) is 20.4 Å². The van der Waals surface area contributed by atoms with Gasteiger partial charge in [0, 0.05) is 17.3 Å². The van der Waals surface area contributed by atoms with E-state index in [0.717, 1.165) is 24.0 Å². The number of benzene rings is 3. The summed E-state index contributed by atoms with van der Waals surface area (Å²) in [6.45, 7) is 1.87. The highest BCUT2D eigenvalue weighted by Crippen LogP contribution is 2.47. The zero-order valence-electron chi connectivity index (χ0n) is 18.2. The lowest BCUT2D eigenvalue weighted by Gasteiger charge is -2.24. The van der Waals surface area contributed by atoms with E-state index >= 15 is 0 Å². The molecule has 7 heteroatoms. The third-order valence-corrected chi connectivity index (χ3v) is 8.40. The SMILES string of the molecule is C[C@@H]1Cc2cc(C(=O)Nc3ccc(C4(C#N)CC4)cc3)ccc2N1S(=O)(=O)c1ccccc1. The average Bonchev–Trinajstić information content (AvgIpc) is 3.55. The van der Waals surface area contributed by atoms with Gasteiger partial charge in [0.25, 0.3) is 15.9 Å². The minimum Gasteiger partial charge on any atom is -0.322 e. The predicted octanol–water partition coefficient (Wildman–Crippen LogP) is 4.63. The monoisotopic (exact) mass is 457 g/mol. The van der Waals surface area contributed by atoms with Gasteiger partial charge in [-0.1, -0.05) is 30.3 Å². The maximum Gasteiger partial charge on any atom is 0.264 e. The lowest BCUT2D eigenvalue weighted by Crippen LogP contribution is -2.35. The molecule has 33 heavy (non-hydrogen) atoms. The number of amides is 1. The quantitative estimate of drug-likeness (QED) is 0.605. The van der Waals surface area contributed by atoms with Crippen LogP contribution in [0.1, 0.15) is 41.3 Å². The van der Waals surface area contributed by atoms with Crippen molar-refractivity contribution in [3.63, 3.8) is 0 Å².